The third-order valence-electron chi connectivity index (χ3n) is 3.29. The van der Waals surface area contributed by atoms with Gasteiger partial charge in [0.05, 0.1) is 40.1 Å². The van der Waals surface area contributed by atoms with Crippen LogP contribution in [0.1, 0.15) is 5.56 Å². The Morgan fingerprint density at radius 2 is 1.91 bits per heavy atom. The van der Waals surface area contributed by atoms with Crippen LogP contribution in [0.25, 0.3) is 5.70 Å². The van der Waals surface area contributed by atoms with Crippen LogP contribution in [-0.2, 0) is 9.59 Å². The number of primary amides is 1. The maximum atomic E-state index is 13.5. The lowest BCUT2D eigenvalue weighted by Crippen LogP contribution is -2.39. The molecule has 0 saturated carbocycles. The first-order valence-corrected chi connectivity index (χ1v) is 7.28. The largest absolute Gasteiger partial charge is 0.398 e. The second-order valence-corrected chi connectivity index (χ2v) is 5.63. The van der Waals surface area contributed by atoms with Crippen molar-refractivity contribution in [1.29, 1.82) is 0 Å². The summed E-state index contributed by atoms with van der Waals surface area (Å²) in [6, 6.07) is 2.48. The van der Waals surface area contributed by atoms with Crippen molar-refractivity contribution in [1.82, 2.24) is 4.90 Å². The summed E-state index contributed by atoms with van der Waals surface area (Å²) in [5.41, 5.74) is 11.8. The van der Waals surface area contributed by atoms with Crippen LogP contribution in [0.5, 0.6) is 0 Å². The van der Waals surface area contributed by atoms with E-state index in [2.05, 4.69) is 4.99 Å². The van der Waals surface area contributed by atoms with E-state index in [0.717, 1.165) is 0 Å². The highest BCUT2D eigenvalue weighted by molar-refractivity contribution is 6.35. The Hall–Kier alpha value is -2.12. The molecule has 0 fully saturated rings. The number of carbonyl (C=O) groups is 2. The van der Waals surface area contributed by atoms with Crippen molar-refractivity contribution in [3.8, 4) is 0 Å². The molecule has 2 amide bonds. The van der Waals surface area contributed by atoms with Gasteiger partial charge < -0.3 is 16.4 Å². The molecule has 1 aromatic rings. The number of hydrogen-bond acceptors (Lipinski definition) is 4. The van der Waals surface area contributed by atoms with Gasteiger partial charge in [0, 0.05) is 12.1 Å². The van der Waals surface area contributed by atoms with Crippen LogP contribution in [0.2, 0.25) is 10.0 Å². The second-order valence-electron chi connectivity index (χ2n) is 4.81. The van der Waals surface area contributed by atoms with Crippen LogP contribution in [0.4, 0.5) is 4.39 Å². The van der Waals surface area contributed by atoms with Gasteiger partial charge in [-0.1, -0.05) is 23.2 Å². The van der Waals surface area contributed by atoms with Crippen LogP contribution in [0.3, 0.4) is 0 Å². The van der Waals surface area contributed by atoms with Gasteiger partial charge in [0.15, 0.2) is 5.82 Å². The predicted molar refractivity (Wildman–Crippen MR) is 86.7 cm³/mol. The molecule has 0 aliphatic carbocycles. The van der Waals surface area contributed by atoms with E-state index < -0.39 is 11.7 Å². The summed E-state index contributed by atoms with van der Waals surface area (Å²) in [5.74, 6) is -1.60. The van der Waals surface area contributed by atoms with Gasteiger partial charge >= 0.3 is 0 Å². The predicted octanol–water partition coefficient (Wildman–Crippen LogP) is 1.20. The SMILES string of the molecule is NC(=O)C(C1=NCCN(C=O)C1)=C(N)c1cc(Cl)c(F)c(Cl)c1. The molecule has 6 nitrogen and oxygen atoms in total. The van der Waals surface area contributed by atoms with Crippen molar-refractivity contribution in [2.45, 2.75) is 0 Å². The van der Waals surface area contributed by atoms with Gasteiger partial charge in [-0.25, -0.2) is 4.39 Å². The summed E-state index contributed by atoms with van der Waals surface area (Å²) in [5, 5.41) is -0.473. The Kier molecular flexibility index (Phi) is 5.23. The second kappa shape index (κ2) is 6.97. The lowest BCUT2D eigenvalue weighted by molar-refractivity contribution is -0.118. The topological polar surface area (TPSA) is 102 Å². The lowest BCUT2D eigenvalue weighted by atomic mass is 10.0. The van der Waals surface area contributed by atoms with Crippen LogP contribution in [0, 0.1) is 5.82 Å². The molecule has 0 unspecified atom stereocenters. The van der Waals surface area contributed by atoms with E-state index >= 15 is 0 Å². The summed E-state index contributed by atoms with van der Waals surface area (Å²) >= 11 is 11.5. The molecule has 23 heavy (non-hydrogen) atoms. The van der Waals surface area contributed by atoms with Gasteiger partial charge in [-0.15, -0.1) is 0 Å². The zero-order chi connectivity index (χ0) is 17.1. The zero-order valence-electron chi connectivity index (χ0n) is 11.9. The van der Waals surface area contributed by atoms with E-state index in [-0.39, 0.29) is 39.1 Å². The van der Waals surface area contributed by atoms with E-state index in [0.29, 0.717) is 19.5 Å². The maximum absolute atomic E-state index is 13.5. The molecule has 1 aromatic carbocycles. The number of nitrogens with two attached hydrogens (primary N) is 2. The Bertz CT molecular complexity index is 710. The normalized spacial score (nSPS) is 15.8. The number of rotatable bonds is 4. The molecule has 0 radical (unpaired) electrons. The first-order valence-electron chi connectivity index (χ1n) is 6.52. The van der Waals surface area contributed by atoms with Crippen molar-refractivity contribution in [3.05, 3.63) is 39.1 Å². The summed E-state index contributed by atoms with van der Waals surface area (Å²) in [4.78, 5) is 28.3. The molecule has 4 N–H and O–H groups in total. The number of benzene rings is 1. The van der Waals surface area contributed by atoms with Crippen molar-refractivity contribution in [2.75, 3.05) is 19.6 Å². The average Bonchev–Trinajstić information content (AvgIpc) is 2.52. The van der Waals surface area contributed by atoms with Crippen LogP contribution >= 0.6 is 23.2 Å². The smallest absolute Gasteiger partial charge is 0.252 e. The van der Waals surface area contributed by atoms with Crippen molar-refractivity contribution in [3.63, 3.8) is 0 Å². The van der Waals surface area contributed by atoms with Crippen molar-refractivity contribution >= 4 is 46.9 Å². The van der Waals surface area contributed by atoms with E-state index in [4.69, 9.17) is 34.7 Å². The molecule has 0 bridgehead atoms. The molecule has 1 heterocycles. The van der Waals surface area contributed by atoms with E-state index in [1.807, 2.05) is 0 Å². The van der Waals surface area contributed by atoms with Crippen LogP contribution in [0.15, 0.2) is 22.7 Å². The standard InChI is InChI=1S/C14H13Cl2FN4O2/c15-8-3-7(4-9(16)12(8)17)13(18)11(14(19)23)10-5-21(6-22)2-1-20-10/h3-4,6H,1-2,5,18H2,(H2,19,23). The molecular formula is C14H13Cl2FN4O2. The molecular weight excluding hydrogens is 346 g/mol. The molecule has 1 aliphatic rings. The van der Waals surface area contributed by atoms with Gasteiger partial charge in [0.25, 0.3) is 5.91 Å². The fourth-order valence-electron chi connectivity index (χ4n) is 2.17. The van der Waals surface area contributed by atoms with Gasteiger partial charge in [-0.05, 0) is 12.1 Å². The quantitative estimate of drug-likeness (QED) is 0.480. The van der Waals surface area contributed by atoms with Gasteiger partial charge in [-0.3, -0.25) is 14.6 Å². The summed E-state index contributed by atoms with van der Waals surface area (Å²) in [7, 11) is 0. The molecule has 122 valence electrons. The van der Waals surface area contributed by atoms with E-state index in [1.165, 1.54) is 17.0 Å². The fraction of sp³-hybridized carbons (Fsp3) is 0.214. The fourth-order valence-corrected chi connectivity index (χ4v) is 2.66. The number of nitrogens with zero attached hydrogens (tertiary/aromatic N) is 2. The number of carbonyl (C=O) groups excluding carboxylic acids is 2. The van der Waals surface area contributed by atoms with Gasteiger partial charge in [0.1, 0.15) is 0 Å². The van der Waals surface area contributed by atoms with E-state index in [1.54, 1.807) is 0 Å². The van der Waals surface area contributed by atoms with Gasteiger partial charge in [-0.2, -0.15) is 0 Å². The van der Waals surface area contributed by atoms with E-state index in [9.17, 15) is 14.0 Å². The Morgan fingerprint density at radius 3 is 2.43 bits per heavy atom. The van der Waals surface area contributed by atoms with Crippen molar-refractivity contribution in [2.24, 2.45) is 16.5 Å². The Labute approximate surface area is 141 Å². The number of aliphatic imine (C=N–C) groups is 1. The maximum Gasteiger partial charge on any atom is 0.252 e. The molecule has 0 atom stereocenters. The monoisotopic (exact) mass is 358 g/mol. The van der Waals surface area contributed by atoms with Crippen molar-refractivity contribution < 1.29 is 14.0 Å². The Morgan fingerprint density at radius 1 is 1.30 bits per heavy atom. The molecule has 0 saturated heterocycles. The highest BCUT2D eigenvalue weighted by Gasteiger charge is 2.23. The first kappa shape index (κ1) is 17.2. The number of amides is 2. The number of hydrogen-bond donors (Lipinski definition) is 2. The third kappa shape index (κ3) is 3.62. The first-order chi connectivity index (χ1) is 10.8. The number of halogens is 3. The summed E-state index contributed by atoms with van der Waals surface area (Å²) in [6.07, 6.45) is 0.648. The van der Waals surface area contributed by atoms with Crippen LogP contribution in [-0.4, -0.2) is 42.6 Å². The highest BCUT2D eigenvalue weighted by atomic mass is 35.5. The lowest BCUT2D eigenvalue weighted by Gasteiger charge is -2.24. The third-order valence-corrected chi connectivity index (χ3v) is 3.84. The molecule has 9 heteroatoms. The zero-order valence-corrected chi connectivity index (χ0v) is 13.4. The summed E-state index contributed by atoms with van der Waals surface area (Å²) in [6.45, 7) is 0.862. The van der Waals surface area contributed by atoms with Crippen LogP contribution < -0.4 is 11.5 Å². The molecule has 0 aromatic heterocycles. The van der Waals surface area contributed by atoms with Gasteiger partial charge in [0.2, 0.25) is 6.41 Å². The average molecular weight is 359 g/mol. The minimum atomic E-state index is -0.814. The highest BCUT2D eigenvalue weighted by Crippen LogP contribution is 2.28. The molecule has 1 aliphatic heterocycles. The summed E-state index contributed by atoms with van der Waals surface area (Å²) < 4.78 is 13.5. The Balaban J connectivity index is 2.55. The molecule has 0 spiro atoms. The molecule has 2 rings (SSSR count). The minimum Gasteiger partial charge on any atom is -0.398 e. The minimum absolute atomic E-state index is 0.0344.